The molecule has 1 saturated heterocycles. The van der Waals surface area contributed by atoms with Gasteiger partial charge in [-0.2, -0.15) is 0 Å². The lowest BCUT2D eigenvalue weighted by atomic mass is 10.1. The van der Waals surface area contributed by atoms with E-state index in [0.29, 0.717) is 12.1 Å². The van der Waals surface area contributed by atoms with Crippen LogP contribution in [0.15, 0.2) is 84.6 Å². The number of anilines is 1. The topological polar surface area (TPSA) is 71.4 Å². The van der Waals surface area contributed by atoms with Gasteiger partial charge in [-0.1, -0.05) is 30.3 Å². The van der Waals surface area contributed by atoms with Gasteiger partial charge in [-0.3, -0.25) is 14.9 Å². The van der Waals surface area contributed by atoms with Crippen LogP contribution >= 0.6 is 0 Å². The second kappa shape index (κ2) is 8.40. The smallest absolute Gasteiger partial charge is 0.335 e. The number of carbonyl (C=O) groups is 3. The fourth-order valence-corrected chi connectivity index (χ4v) is 3.95. The highest BCUT2D eigenvalue weighted by molar-refractivity contribution is 6.39. The number of hydrogen-bond acceptors (Lipinski definition) is 3. The summed E-state index contributed by atoms with van der Waals surface area (Å²) in [5.41, 5.74) is 2.24. The maximum Gasteiger partial charge on any atom is 0.335 e. The highest BCUT2D eigenvalue weighted by Gasteiger charge is 2.37. The number of halogens is 2. The number of aromatic nitrogens is 1. The van der Waals surface area contributed by atoms with E-state index in [1.165, 1.54) is 30.3 Å². The molecule has 0 aliphatic carbocycles. The van der Waals surface area contributed by atoms with E-state index < -0.39 is 23.7 Å². The van der Waals surface area contributed by atoms with Gasteiger partial charge in [0.05, 0.1) is 5.69 Å². The highest BCUT2D eigenvalue weighted by atomic mass is 19.1. The van der Waals surface area contributed by atoms with Gasteiger partial charge in [0.25, 0.3) is 11.8 Å². The molecule has 1 N–H and O–H groups in total. The zero-order valence-corrected chi connectivity index (χ0v) is 17.7. The molecule has 1 aromatic heterocycles. The Bertz CT molecular complexity index is 1470. The summed E-state index contributed by atoms with van der Waals surface area (Å²) in [5.74, 6) is -2.47. The van der Waals surface area contributed by atoms with Crippen LogP contribution in [-0.2, 0) is 16.1 Å². The summed E-state index contributed by atoms with van der Waals surface area (Å²) in [6.45, 7) is 0.449. The maximum absolute atomic E-state index is 13.3. The molecule has 4 aromatic rings. The Balaban J connectivity index is 1.56. The summed E-state index contributed by atoms with van der Waals surface area (Å²) >= 11 is 0. The number of carbonyl (C=O) groups excluding carboxylic acids is 3. The molecular formula is C26H17F2N3O3. The van der Waals surface area contributed by atoms with Gasteiger partial charge in [0.15, 0.2) is 0 Å². The van der Waals surface area contributed by atoms with Gasteiger partial charge >= 0.3 is 6.03 Å². The molecule has 6 nitrogen and oxygen atoms in total. The maximum atomic E-state index is 13.3. The number of urea groups is 1. The molecule has 3 aromatic carbocycles. The van der Waals surface area contributed by atoms with Crippen LogP contribution in [0.5, 0.6) is 0 Å². The Morgan fingerprint density at radius 1 is 0.824 bits per heavy atom. The first-order valence-electron chi connectivity index (χ1n) is 10.4. The SMILES string of the molecule is O=C1NC(=O)N(c2ccc(F)cc2)C(=O)C1=Cc1cn(Cc2ccc(F)cc2)c2ccccc12. The Kier molecular flexibility index (Phi) is 5.25. The van der Waals surface area contributed by atoms with Gasteiger partial charge in [0, 0.05) is 29.2 Å². The number of imide groups is 2. The zero-order chi connectivity index (χ0) is 23.8. The molecule has 0 saturated carbocycles. The molecule has 2 heterocycles. The molecule has 0 bridgehead atoms. The standard InChI is InChI=1S/C26H17F2N3O3/c27-18-7-5-16(6-8-18)14-30-15-17(21-3-1-2-4-23(21)30)13-22-24(32)29-26(34)31(25(22)33)20-11-9-19(28)10-12-20/h1-13,15H,14H2,(H,29,32,34). The predicted octanol–water partition coefficient (Wildman–Crippen LogP) is 4.63. The van der Waals surface area contributed by atoms with Gasteiger partial charge in [0.1, 0.15) is 17.2 Å². The minimum atomic E-state index is -0.905. The van der Waals surface area contributed by atoms with Crippen molar-refractivity contribution in [1.29, 1.82) is 0 Å². The zero-order valence-electron chi connectivity index (χ0n) is 17.7. The number of amides is 4. The molecule has 0 spiro atoms. The van der Waals surface area contributed by atoms with Gasteiger partial charge in [0.2, 0.25) is 0 Å². The van der Waals surface area contributed by atoms with Crippen molar-refractivity contribution in [2.75, 3.05) is 4.90 Å². The van der Waals surface area contributed by atoms with E-state index in [1.54, 1.807) is 18.3 Å². The van der Waals surface area contributed by atoms with Crippen molar-refractivity contribution >= 4 is 40.5 Å². The second-order valence-corrected chi connectivity index (χ2v) is 7.79. The summed E-state index contributed by atoms with van der Waals surface area (Å²) in [4.78, 5) is 38.9. The number of barbiturate groups is 1. The molecule has 4 amide bonds. The minimum absolute atomic E-state index is 0.140. The lowest BCUT2D eigenvalue weighted by molar-refractivity contribution is -0.122. The Hall–Kier alpha value is -4.59. The van der Waals surface area contributed by atoms with E-state index in [4.69, 9.17) is 0 Å². The molecule has 1 aliphatic heterocycles. The van der Waals surface area contributed by atoms with Crippen molar-refractivity contribution < 1.29 is 23.2 Å². The second-order valence-electron chi connectivity index (χ2n) is 7.79. The Morgan fingerprint density at radius 2 is 1.47 bits per heavy atom. The van der Waals surface area contributed by atoms with Crippen LogP contribution in [0.4, 0.5) is 19.3 Å². The van der Waals surface area contributed by atoms with Crippen molar-refractivity contribution in [3.05, 3.63) is 107 Å². The summed E-state index contributed by atoms with van der Waals surface area (Å²) in [6, 6.07) is 17.5. The van der Waals surface area contributed by atoms with Crippen LogP contribution in [0, 0.1) is 11.6 Å². The molecule has 5 rings (SSSR count). The first-order valence-corrected chi connectivity index (χ1v) is 10.4. The van der Waals surface area contributed by atoms with Gasteiger partial charge < -0.3 is 4.57 Å². The van der Waals surface area contributed by atoms with Crippen molar-refractivity contribution in [2.24, 2.45) is 0 Å². The van der Waals surface area contributed by atoms with Gasteiger partial charge in [-0.25, -0.2) is 18.5 Å². The minimum Gasteiger partial charge on any atom is -0.342 e. The number of fused-ring (bicyclic) bond motifs is 1. The largest absolute Gasteiger partial charge is 0.342 e. The Labute approximate surface area is 192 Å². The quantitative estimate of drug-likeness (QED) is 0.359. The molecule has 1 aliphatic rings. The molecular weight excluding hydrogens is 440 g/mol. The predicted molar refractivity (Wildman–Crippen MR) is 123 cm³/mol. The van der Waals surface area contributed by atoms with Crippen LogP contribution < -0.4 is 10.2 Å². The molecule has 8 heteroatoms. The molecule has 0 unspecified atom stereocenters. The third-order valence-electron chi connectivity index (χ3n) is 5.57. The van der Waals surface area contributed by atoms with Gasteiger partial charge in [-0.05, 0) is 54.1 Å². The van der Waals surface area contributed by atoms with E-state index in [0.717, 1.165) is 33.5 Å². The fraction of sp³-hybridized carbons (Fsp3) is 0.0385. The third-order valence-corrected chi connectivity index (χ3v) is 5.57. The molecule has 34 heavy (non-hydrogen) atoms. The van der Waals surface area contributed by atoms with E-state index in [9.17, 15) is 23.2 Å². The lowest BCUT2D eigenvalue weighted by Crippen LogP contribution is -2.54. The molecule has 168 valence electrons. The van der Waals surface area contributed by atoms with E-state index >= 15 is 0 Å². The van der Waals surface area contributed by atoms with Crippen molar-refractivity contribution in [1.82, 2.24) is 9.88 Å². The number of nitrogens with zero attached hydrogens (tertiary/aromatic N) is 2. The van der Waals surface area contributed by atoms with Crippen LogP contribution in [0.1, 0.15) is 11.1 Å². The average molecular weight is 457 g/mol. The number of rotatable bonds is 4. The first kappa shape index (κ1) is 21.3. The number of benzene rings is 3. The van der Waals surface area contributed by atoms with Crippen LogP contribution in [0.3, 0.4) is 0 Å². The van der Waals surface area contributed by atoms with E-state index in [2.05, 4.69) is 5.32 Å². The van der Waals surface area contributed by atoms with Crippen molar-refractivity contribution in [2.45, 2.75) is 6.54 Å². The molecule has 0 radical (unpaired) electrons. The van der Waals surface area contributed by atoms with Crippen molar-refractivity contribution in [3.63, 3.8) is 0 Å². The van der Waals surface area contributed by atoms with Crippen molar-refractivity contribution in [3.8, 4) is 0 Å². The normalized spacial score (nSPS) is 15.3. The fourth-order valence-electron chi connectivity index (χ4n) is 3.95. The average Bonchev–Trinajstić information content (AvgIpc) is 3.16. The van der Waals surface area contributed by atoms with Gasteiger partial charge in [-0.15, -0.1) is 0 Å². The van der Waals surface area contributed by atoms with E-state index in [-0.39, 0.29) is 17.1 Å². The monoisotopic (exact) mass is 457 g/mol. The number of para-hydroxylation sites is 1. The molecule has 0 atom stereocenters. The van der Waals surface area contributed by atoms with Crippen LogP contribution in [0.2, 0.25) is 0 Å². The molecule has 1 fully saturated rings. The summed E-state index contributed by atoms with van der Waals surface area (Å²) in [6.07, 6.45) is 3.23. The van der Waals surface area contributed by atoms with Crippen LogP contribution in [-0.4, -0.2) is 22.4 Å². The summed E-state index contributed by atoms with van der Waals surface area (Å²) in [7, 11) is 0. The Morgan fingerprint density at radius 3 is 2.18 bits per heavy atom. The summed E-state index contributed by atoms with van der Waals surface area (Å²) < 4.78 is 28.5. The third kappa shape index (κ3) is 3.86. The number of nitrogens with one attached hydrogen (secondary N) is 1. The lowest BCUT2D eigenvalue weighted by Gasteiger charge is -2.26. The van der Waals surface area contributed by atoms with Crippen LogP contribution in [0.25, 0.3) is 17.0 Å². The summed E-state index contributed by atoms with van der Waals surface area (Å²) in [5, 5.41) is 2.96. The first-order chi connectivity index (χ1) is 16.4. The number of hydrogen-bond donors (Lipinski definition) is 1. The van der Waals surface area contributed by atoms with E-state index in [1.807, 2.05) is 28.8 Å². The highest BCUT2D eigenvalue weighted by Crippen LogP contribution is 2.27.